The zero-order chi connectivity index (χ0) is 24.6. The van der Waals surface area contributed by atoms with Gasteiger partial charge in [0.1, 0.15) is 4.88 Å². The highest BCUT2D eigenvalue weighted by atomic mass is 35.5. The number of piperazine rings is 1. The highest BCUT2D eigenvalue weighted by molar-refractivity contribution is 7.21. The highest BCUT2D eigenvalue weighted by Gasteiger charge is 2.27. The van der Waals surface area contributed by atoms with Gasteiger partial charge in [-0.05, 0) is 18.2 Å². The fourth-order valence-corrected chi connectivity index (χ4v) is 5.68. The number of carbonyl (C=O) groups excluding carboxylic acids is 2. The maximum Gasteiger partial charge on any atom is 0.270 e. The minimum atomic E-state index is -0.487. The largest absolute Gasteiger partial charge is 0.335 e. The van der Waals surface area contributed by atoms with Gasteiger partial charge >= 0.3 is 0 Å². The molecule has 34 heavy (non-hydrogen) atoms. The lowest BCUT2D eigenvalue weighted by Gasteiger charge is -2.34. The van der Waals surface area contributed by atoms with Crippen LogP contribution in [0.2, 0.25) is 20.1 Å². The van der Waals surface area contributed by atoms with E-state index in [2.05, 4.69) is 5.32 Å². The van der Waals surface area contributed by atoms with Gasteiger partial charge in [-0.15, -0.1) is 11.3 Å². The molecule has 1 aliphatic rings. The Kier molecular flexibility index (Phi) is 7.51. The molecule has 0 atom stereocenters. The first-order valence-corrected chi connectivity index (χ1v) is 12.3. The van der Waals surface area contributed by atoms with Crippen LogP contribution in [0.1, 0.15) is 9.67 Å². The summed E-state index contributed by atoms with van der Waals surface area (Å²) in [6.45, 7) is 1.91. The van der Waals surface area contributed by atoms with Crippen LogP contribution in [0.15, 0.2) is 30.3 Å². The van der Waals surface area contributed by atoms with Gasteiger partial charge in [0.05, 0.1) is 37.2 Å². The normalized spacial score (nSPS) is 14.4. The summed E-state index contributed by atoms with van der Waals surface area (Å²) in [5.74, 6) is -0.505. The van der Waals surface area contributed by atoms with Gasteiger partial charge in [0.2, 0.25) is 5.91 Å². The van der Waals surface area contributed by atoms with Gasteiger partial charge in [-0.25, -0.2) is 0 Å². The standard InChI is InChI=1S/C21H16Cl4N4O4S/c22-13-8-15(24)16(9-14(13)23)26-18(30)10-27-3-5-28(6-4-27)21(31)20-19(25)12-2-1-11(29(32)33)7-17(12)34-20/h1-2,7-9H,3-6,10H2,(H,26,30). The van der Waals surface area contributed by atoms with Crippen molar-refractivity contribution in [1.29, 1.82) is 0 Å². The fraction of sp³-hybridized carbons (Fsp3) is 0.238. The van der Waals surface area contributed by atoms with Crippen molar-refractivity contribution in [2.45, 2.75) is 0 Å². The first kappa shape index (κ1) is 25.0. The van der Waals surface area contributed by atoms with Gasteiger partial charge in [-0.1, -0.05) is 46.4 Å². The summed E-state index contributed by atoms with van der Waals surface area (Å²) in [5, 5.41) is 15.5. The van der Waals surface area contributed by atoms with Crippen LogP contribution in [0.5, 0.6) is 0 Å². The molecule has 2 aromatic carbocycles. The van der Waals surface area contributed by atoms with E-state index in [1.54, 1.807) is 11.0 Å². The lowest BCUT2D eigenvalue weighted by atomic mass is 10.2. The topological polar surface area (TPSA) is 95.8 Å². The predicted octanol–water partition coefficient (Wildman–Crippen LogP) is 5.82. The number of thiophene rings is 1. The smallest absolute Gasteiger partial charge is 0.270 e. The number of nitrogens with zero attached hydrogens (tertiary/aromatic N) is 3. The van der Waals surface area contributed by atoms with Gasteiger partial charge in [0, 0.05) is 48.4 Å². The average Bonchev–Trinajstić information content (AvgIpc) is 3.13. The minimum Gasteiger partial charge on any atom is -0.335 e. The second kappa shape index (κ2) is 10.2. The van der Waals surface area contributed by atoms with Crippen molar-refractivity contribution in [3.8, 4) is 0 Å². The molecular formula is C21H16Cl4N4O4S. The van der Waals surface area contributed by atoms with E-state index in [1.165, 1.54) is 24.3 Å². The van der Waals surface area contributed by atoms with E-state index in [0.717, 1.165) is 11.3 Å². The van der Waals surface area contributed by atoms with Crippen LogP contribution in [0.25, 0.3) is 10.1 Å². The lowest BCUT2D eigenvalue weighted by molar-refractivity contribution is -0.384. The number of anilines is 1. The molecule has 8 nitrogen and oxygen atoms in total. The molecule has 0 saturated carbocycles. The van der Waals surface area contributed by atoms with Crippen molar-refractivity contribution in [1.82, 2.24) is 9.80 Å². The number of hydrogen-bond acceptors (Lipinski definition) is 6. The lowest BCUT2D eigenvalue weighted by Crippen LogP contribution is -2.50. The van der Waals surface area contributed by atoms with E-state index < -0.39 is 4.92 Å². The van der Waals surface area contributed by atoms with Crippen molar-refractivity contribution < 1.29 is 14.5 Å². The number of rotatable bonds is 5. The number of nitrogens with one attached hydrogen (secondary N) is 1. The van der Waals surface area contributed by atoms with Gasteiger partial charge < -0.3 is 10.2 Å². The van der Waals surface area contributed by atoms with Crippen LogP contribution in [0.3, 0.4) is 0 Å². The molecule has 0 radical (unpaired) electrons. The Morgan fingerprint density at radius 3 is 2.35 bits per heavy atom. The van der Waals surface area contributed by atoms with Crippen molar-refractivity contribution in [2.24, 2.45) is 0 Å². The third-order valence-corrected chi connectivity index (χ3v) is 8.01. The van der Waals surface area contributed by atoms with Crippen LogP contribution in [-0.2, 0) is 4.79 Å². The molecule has 1 fully saturated rings. The molecule has 1 aliphatic heterocycles. The number of carbonyl (C=O) groups is 2. The molecule has 3 aromatic rings. The Morgan fingerprint density at radius 1 is 1.00 bits per heavy atom. The molecule has 0 aliphatic carbocycles. The third kappa shape index (κ3) is 5.25. The minimum absolute atomic E-state index is 0.0570. The number of nitro benzene ring substituents is 1. The van der Waals surface area contributed by atoms with Gasteiger partial charge in [0.15, 0.2) is 0 Å². The third-order valence-electron chi connectivity index (χ3n) is 5.33. The number of hydrogen-bond donors (Lipinski definition) is 1. The summed E-state index contributed by atoms with van der Waals surface area (Å²) < 4.78 is 0.582. The van der Waals surface area contributed by atoms with Crippen LogP contribution in [0.4, 0.5) is 11.4 Å². The number of non-ortho nitro benzene ring substituents is 1. The SMILES string of the molecule is O=C(CN1CCN(C(=O)c2sc3cc([N+](=O)[O-])ccc3c2Cl)CC1)Nc1cc(Cl)c(Cl)cc1Cl. The zero-order valence-electron chi connectivity index (χ0n) is 17.3. The van der Waals surface area contributed by atoms with Crippen molar-refractivity contribution in [3.63, 3.8) is 0 Å². The summed E-state index contributed by atoms with van der Waals surface area (Å²) in [5.41, 5.74) is 0.313. The van der Waals surface area contributed by atoms with Crippen LogP contribution in [0, 0.1) is 10.1 Å². The van der Waals surface area contributed by atoms with Crippen LogP contribution in [-0.4, -0.2) is 59.3 Å². The average molecular weight is 562 g/mol. The van der Waals surface area contributed by atoms with E-state index in [1.807, 2.05) is 4.90 Å². The van der Waals surface area contributed by atoms with Crippen LogP contribution >= 0.6 is 57.7 Å². The van der Waals surface area contributed by atoms with Gasteiger partial charge in [-0.2, -0.15) is 0 Å². The molecular weight excluding hydrogens is 546 g/mol. The first-order valence-electron chi connectivity index (χ1n) is 9.96. The van der Waals surface area contributed by atoms with E-state index in [4.69, 9.17) is 46.4 Å². The molecule has 178 valence electrons. The summed E-state index contributed by atoms with van der Waals surface area (Å²) >= 11 is 25.6. The van der Waals surface area contributed by atoms with Crippen molar-refractivity contribution in [2.75, 3.05) is 38.0 Å². The van der Waals surface area contributed by atoms with Crippen molar-refractivity contribution >= 4 is 91.0 Å². The molecule has 1 aromatic heterocycles. The molecule has 13 heteroatoms. The second-order valence-electron chi connectivity index (χ2n) is 7.55. The second-order valence-corrected chi connectivity index (χ2v) is 10.2. The number of amides is 2. The maximum absolute atomic E-state index is 13.1. The van der Waals surface area contributed by atoms with Crippen molar-refractivity contribution in [3.05, 3.63) is 65.4 Å². The summed E-state index contributed by atoms with van der Waals surface area (Å²) in [7, 11) is 0. The first-order chi connectivity index (χ1) is 16.1. The van der Waals surface area contributed by atoms with Gasteiger partial charge in [-0.3, -0.25) is 24.6 Å². The number of halogens is 4. The summed E-state index contributed by atoms with van der Waals surface area (Å²) in [4.78, 5) is 40.0. The zero-order valence-corrected chi connectivity index (χ0v) is 21.2. The Hall–Kier alpha value is -2.14. The van der Waals surface area contributed by atoms with E-state index in [-0.39, 0.29) is 34.1 Å². The van der Waals surface area contributed by atoms with Crippen LogP contribution < -0.4 is 5.32 Å². The maximum atomic E-state index is 13.1. The van der Waals surface area contributed by atoms with E-state index in [0.29, 0.717) is 56.9 Å². The predicted molar refractivity (Wildman–Crippen MR) is 136 cm³/mol. The summed E-state index contributed by atoms with van der Waals surface area (Å²) in [6, 6.07) is 7.29. The van der Waals surface area contributed by atoms with E-state index >= 15 is 0 Å². The molecule has 2 heterocycles. The molecule has 1 N–H and O–H groups in total. The molecule has 0 bridgehead atoms. The Bertz CT molecular complexity index is 1310. The highest BCUT2D eigenvalue weighted by Crippen LogP contribution is 2.38. The quantitative estimate of drug-likeness (QED) is 0.240. The molecule has 0 spiro atoms. The molecule has 0 unspecified atom stereocenters. The van der Waals surface area contributed by atoms with E-state index in [9.17, 15) is 19.7 Å². The fourth-order valence-electron chi connectivity index (χ4n) is 3.57. The number of fused-ring (bicyclic) bond motifs is 1. The monoisotopic (exact) mass is 560 g/mol. The number of nitro groups is 1. The molecule has 1 saturated heterocycles. The molecule has 4 rings (SSSR count). The van der Waals surface area contributed by atoms with Gasteiger partial charge in [0.25, 0.3) is 11.6 Å². The summed E-state index contributed by atoms with van der Waals surface area (Å²) in [6.07, 6.45) is 0. The Balaban J connectivity index is 1.37. The Labute approximate surface area is 218 Å². The molecule has 2 amide bonds. The number of benzene rings is 2. The Morgan fingerprint density at radius 2 is 1.68 bits per heavy atom.